The molecule has 1 aliphatic rings. The van der Waals surface area contributed by atoms with Crippen molar-refractivity contribution in [2.24, 2.45) is 0 Å². The van der Waals surface area contributed by atoms with Crippen LogP contribution in [0.5, 0.6) is 0 Å². The number of alkyl halides is 3. The molecule has 0 unspecified atom stereocenters. The first kappa shape index (κ1) is 23.8. The van der Waals surface area contributed by atoms with Crippen LogP contribution < -0.4 is 0 Å². The maximum Gasteiger partial charge on any atom is 0.416 e. The molecular formula is C24H27F3N4OS. The molecule has 0 bridgehead atoms. The topological polar surface area (TPSA) is 52.5 Å². The first-order valence-electron chi connectivity index (χ1n) is 10.9. The normalized spacial score (nSPS) is 16.9. The minimum absolute atomic E-state index is 0.215. The molecule has 0 aliphatic carbocycles. The summed E-state index contributed by atoms with van der Waals surface area (Å²) < 4.78 is 39.9. The molecule has 4 rings (SSSR count). The van der Waals surface area contributed by atoms with E-state index in [-0.39, 0.29) is 12.1 Å². The Balaban J connectivity index is 1.34. The lowest BCUT2D eigenvalue weighted by atomic mass is 9.88. The number of hydrogen-bond acceptors (Lipinski definition) is 6. The van der Waals surface area contributed by atoms with Gasteiger partial charge >= 0.3 is 6.18 Å². The monoisotopic (exact) mass is 476 g/mol. The average Bonchev–Trinajstić information content (AvgIpc) is 3.25. The zero-order valence-corrected chi connectivity index (χ0v) is 19.2. The smallest absolute Gasteiger partial charge is 0.383 e. The van der Waals surface area contributed by atoms with Gasteiger partial charge in [-0.2, -0.15) is 13.2 Å². The SMILES string of the molecule is CN(Cc1cccnc1)Cc1nc(C2(O)CCN(Cc3ccccc3C(F)(F)F)CC2)cs1. The van der Waals surface area contributed by atoms with Crippen LogP contribution in [0.15, 0.2) is 54.2 Å². The third-order valence-corrected chi connectivity index (χ3v) is 6.84. The van der Waals surface area contributed by atoms with Crippen LogP contribution in [-0.2, 0) is 31.4 Å². The largest absolute Gasteiger partial charge is 0.416 e. The zero-order chi connectivity index (χ0) is 23.5. The van der Waals surface area contributed by atoms with E-state index in [4.69, 9.17) is 0 Å². The highest BCUT2D eigenvalue weighted by Gasteiger charge is 2.37. The fourth-order valence-electron chi connectivity index (χ4n) is 4.20. The minimum Gasteiger partial charge on any atom is -0.383 e. The van der Waals surface area contributed by atoms with Crippen LogP contribution in [0.3, 0.4) is 0 Å². The lowest BCUT2D eigenvalue weighted by molar-refractivity contribution is -0.138. The molecule has 9 heteroatoms. The van der Waals surface area contributed by atoms with Gasteiger partial charge in [0.1, 0.15) is 10.6 Å². The summed E-state index contributed by atoms with van der Waals surface area (Å²) in [5.41, 5.74) is 0.410. The fourth-order valence-corrected chi connectivity index (χ4v) is 5.17. The molecule has 3 aromatic rings. The van der Waals surface area contributed by atoms with E-state index in [0.29, 0.717) is 38.2 Å². The van der Waals surface area contributed by atoms with Crippen molar-refractivity contribution >= 4 is 11.3 Å². The second kappa shape index (κ2) is 9.89. The molecule has 0 amide bonds. The van der Waals surface area contributed by atoms with E-state index in [9.17, 15) is 18.3 Å². The number of rotatable bonds is 7. The number of aromatic nitrogens is 2. The van der Waals surface area contributed by atoms with E-state index in [0.717, 1.165) is 23.2 Å². The number of thiazole rings is 1. The van der Waals surface area contributed by atoms with Crippen molar-refractivity contribution in [3.05, 3.63) is 81.6 Å². The summed E-state index contributed by atoms with van der Waals surface area (Å²) in [6.07, 6.45) is 0.102. The Labute approximate surface area is 195 Å². The Bertz CT molecular complexity index is 1050. The first-order valence-corrected chi connectivity index (χ1v) is 11.7. The molecule has 0 spiro atoms. The van der Waals surface area contributed by atoms with E-state index < -0.39 is 17.3 Å². The van der Waals surface area contributed by atoms with E-state index >= 15 is 0 Å². The number of benzene rings is 1. The number of piperidine rings is 1. The van der Waals surface area contributed by atoms with Crippen molar-refractivity contribution < 1.29 is 18.3 Å². The number of likely N-dealkylation sites (tertiary alicyclic amines) is 1. The molecule has 1 N–H and O–H groups in total. The molecule has 0 saturated carbocycles. The number of halogens is 3. The van der Waals surface area contributed by atoms with Crippen LogP contribution in [-0.4, -0.2) is 45.0 Å². The summed E-state index contributed by atoms with van der Waals surface area (Å²) in [5.74, 6) is 0. The molecule has 1 aromatic carbocycles. The molecule has 0 atom stereocenters. The standard InChI is InChI=1S/C24H27F3N4OS/c1-30(14-18-5-4-10-28-13-18)16-22-29-21(17-33-22)23(32)8-11-31(12-9-23)15-19-6-2-3-7-20(19)24(25,26)27/h2-7,10,13,17,32H,8-9,11-12,14-16H2,1H3. The van der Waals surface area contributed by atoms with Gasteiger partial charge in [0.05, 0.1) is 17.8 Å². The van der Waals surface area contributed by atoms with Crippen LogP contribution >= 0.6 is 11.3 Å². The predicted octanol–water partition coefficient (Wildman–Crippen LogP) is 4.67. The highest BCUT2D eigenvalue weighted by Crippen LogP contribution is 2.36. The van der Waals surface area contributed by atoms with Crippen molar-refractivity contribution in [1.29, 1.82) is 0 Å². The number of nitrogens with zero attached hydrogens (tertiary/aromatic N) is 4. The van der Waals surface area contributed by atoms with Gasteiger partial charge in [-0.15, -0.1) is 11.3 Å². The van der Waals surface area contributed by atoms with Crippen molar-refractivity contribution in [3.63, 3.8) is 0 Å². The molecule has 1 saturated heterocycles. The lowest BCUT2D eigenvalue weighted by Gasteiger charge is -2.37. The fraction of sp³-hybridized carbons (Fsp3) is 0.417. The van der Waals surface area contributed by atoms with Crippen molar-refractivity contribution in [2.75, 3.05) is 20.1 Å². The van der Waals surface area contributed by atoms with Gasteiger partial charge in [-0.3, -0.25) is 14.8 Å². The highest BCUT2D eigenvalue weighted by atomic mass is 32.1. The summed E-state index contributed by atoms with van der Waals surface area (Å²) in [4.78, 5) is 12.9. The highest BCUT2D eigenvalue weighted by molar-refractivity contribution is 7.09. The maximum atomic E-state index is 13.3. The third kappa shape index (κ3) is 5.97. The van der Waals surface area contributed by atoms with Crippen LogP contribution in [0.4, 0.5) is 13.2 Å². The minimum atomic E-state index is -4.37. The Kier molecular flexibility index (Phi) is 7.13. The van der Waals surface area contributed by atoms with Gasteiger partial charge in [0, 0.05) is 44.0 Å². The Morgan fingerprint density at radius 2 is 1.88 bits per heavy atom. The molecule has 1 aliphatic heterocycles. The van der Waals surface area contributed by atoms with Crippen LogP contribution in [0.25, 0.3) is 0 Å². The first-order chi connectivity index (χ1) is 15.7. The van der Waals surface area contributed by atoms with Gasteiger partial charge in [-0.05, 0) is 43.1 Å². The zero-order valence-electron chi connectivity index (χ0n) is 18.4. The predicted molar refractivity (Wildman–Crippen MR) is 121 cm³/mol. The second-order valence-electron chi connectivity index (χ2n) is 8.62. The summed E-state index contributed by atoms with van der Waals surface area (Å²) in [5, 5.41) is 14.0. The van der Waals surface area contributed by atoms with Gasteiger partial charge in [-0.1, -0.05) is 24.3 Å². The van der Waals surface area contributed by atoms with Gasteiger partial charge in [0.2, 0.25) is 0 Å². The molecule has 1 fully saturated rings. The summed E-state index contributed by atoms with van der Waals surface area (Å²) in [6.45, 7) is 2.65. The van der Waals surface area contributed by atoms with Crippen LogP contribution in [0.1, 0.15) is 40.2 Å². The second-order valence-corrected chi connectivity index (χ2v) is 9.57. The van der Waals surface area contributed by atoms with Gasteiger partial charge < -0.3 is 5.11 Å². The molecule has 176 valence electrons. The number of pyridine rings is 1. The van der Waals surface area contributed by atoms with E-state index in [1.807, 2.05) is 35.7 Å². The van der Waals surface area contributed by atoms with Crippen LogP contribution in [0.2, 0.25) is 0 Å². The lowest BCUT2D eigenvalue weighted by Crippen LogP contribution is -2.42. The molecule has 0 radical (unpaired) electrons. The van der Waals surface area contributed by atoms with Gasteiger partial charge in [0.15, 0.2) is 0 Å². The average molecular weight is 477 g/mol. The summed E-state index contributed by atoms with van der Waals surface area (Å²) in [6, 6.07) is 9.63. The Hall–Kier alpha value is -2.33. The van der Waals surface area contributed by atoms with E-state index in [1.165, 1.54) is 23.5 Å². The quantitative estimate of drug-likeness (QED) is 0.537. The third-order valence-electron chi connectivity index (χ3n) is 6.01. The van der Waals surface area contributed by atoms with E-state index in [1.54, 1.807) is 12.3 Å². The van der Waals surface area contributed by atoms with Gasteiger partial charge in [-0.25, -0.2) is 4.98 Å². The number of aliphatic hydroxyl groups is 1. The molecule has 2 aromatic heterocycles. The van der Waals surface area contributed by atoms with Crippen LogP contribution in [0, 0.1) is 0 Å². The Morgan fingerprint density at radius 3 is 2.58 bits per heavy atom. The maximum absolute atomic E-state index is 13.3. The van der Waals surface area contributed by atoms with Gasteiger partial charge in [0.25, 0.3) is 0 Å². The molecule has 3 heterocycles. The van der Waals surface area contributed by atoms with Crippen molar-refractivity contribution in [3.8, 4) is 0 Å². The van der Waals surface area contributed by atoms with Crippen molar-refractivity contribution in [1.82, 2.24) is 19.8 Å². The summed E-state index contributed by atoms with van der Waals surface area (Å²) in [7, 11) is 2.01. The summed E-state index contributed by atoms with van der Waals surface area (Å²) >= 11 is 1.52. The molecule has 33 heavy (non-hydrogen) atoms. The number of hydrogen-bond donors (Lipinski definition) is 1. The van der Waals surface area contributed by atoms with Crippen molar-refractivity contribution in [2.45, 2.75) is 44.3 Å². The van der Waals surface area contributed by atoms with E-state index in [2.05, 4.69) is 14.9 Å². The molecular weight excluding hydrogens is 449 g/mol. The molecule has 5 nitrogen and oxygen atoms in total. The Morgan fingerprint density at radius 1 is 1.12 bits per heavy atom.